The number of hydrazine groups is 1. The van der Waals surface area contributed by atoms with Crippen molar-refractivity contribution in [2.24, 2.45) is 5.84 Å². The van der Waals surface area contributed by atoms with Gasteiger partial charge in [-0.05, 0) is 19.3 Å². The molecule has 0 aliphatic carbocycles. The first-order valence-corrected chi connectivity index (χ1v) is 5.76. The Morgan fingerprint density at radius 2 is 1.69 bits per heavy atom. The molecule has 0 unspecified atom stereocenters. The molecule has 0 saturated carbocycles. The molecule has 1 heterocycles. The van der Waals surface area contributed by atoms with Crippen molar-refractivity contribution in [1.82, 2.24) is 9.97 Å². The predicted octanol–water partition coefficient (Wildman–Crippen LogP) is 2.14. The molecule has 1 aromatic heterocycles. The molecule has 0 atom stereocenters. The second-order valence-electron chi connectivity index (χ2n) is 3.90. The quantitative estimate of drug-likeness (QED) is 0.509. The van der Waals surface area contributed by atoms with Crippen LogP contribution in [0.5, 0.6) is 0 Å². The summed E-state index contributed by atoms with van der Waals surface area (Å²) in [6.07, 6.45) is 6.49. The number of hydrogen-bond acceptors (Lipinski definition) is 5. The highest BCUT2D eigenvalue weighted by atomic mass is 15.3. The zero-order valence-electron chi connectivity index (χ0n) is 10.2. The fraction of sp³-hybridized carbons (Fsp3) is 0.636. The lowest BCUT2D eigenvalue weighted by Crippen LogP contribution is -2.36. The fourth-order valence-electron chi connectivity index (χ4n) is 1.78. The number of nitrogen functional groups attached to an aromatic ring is 1. The van der Waals surface area contributed by atoms with Gasteiger partial charge >= 0.3 is 0 Å². The van der Waals surface area contributed by atoms with Crippen LogP contribution in [-0.4, -0.2) is 15.5 Å². The molecule has 1 rings (SSSR count). The molecule has 0 aliphatic heterocycles. The van der Waals surface area contributed by atoms with Crippen molar-refractivity contribution in [2.45, 2.75) is 45.6 Å². The molecular weight excluding hydrogens is 202 g/mol. The molecule has 4 N–H and O–H groups in total. The molecule has 0 amide bonds. The van der Waals surface area contributed by atoms with Crippen molar-refractivity contribution < 1.29 is 0 Å². The Kier molecular flexibility index (Phi) is 4.49. The maximum atomic E-state index is 5.30. The van der Waals surface area contributed by atoms with Crippen LogP contribution in [0.2, 0.25) is 0 Å². The summed E-state index contributed by atoms with van der Waals surface area (Å²) in [6, 6.07) is 0. The van der Waals surface area contributed by atoms with Gasteiger partial charge in [0.1, 0.15) is 5.82 Å². The van der Waals surface area contributed by atoms with E-state index in [1.807, 2.05) is 0 Å². The van der Waals surface area contributed by atoms with E-state index < -0.39 is 0 Å². The Morgan fingerprint density at radius 1 is 1.12 bits per heavy atom. The zero-order valence-corrected chi connectivity index (χ0v) is 10.2. The monoisotopic (exact) mass is 223 g/mol. The first kappa shape index (κ1) is 12.7. The molecule has 5 heteroatoms. The summed E-state index contributed by atoms with van der Waals surface area (Å²) in [5.74, 6) is 6.64. The topological polar surface area (TPSA) is 75.9 Å². The van der Waals surface area contributed by atoms with Gasteiger partial charge in [-0.15, -0.1) is 0 Å². The van der Waals surface area contributed by atoms with Gasteiger partial charge in [0.25, 0.3) is 0 Å². The second kappa shape index (κ2) is 5.65. The van der Waals surface area contributed by atoms with E-state index in [4.69, 9.17) is 5.84 Å². The third-order valence-corrected chi connectivity index (χ3v) is 3.21. The standard InChI is InChI=1S/C11H21N5/c1-4-11(5-2,6-3)15-9-7-13-8-10(14-9)16-12/h7-8H,4-6,12H2,1-3H3,(H2,14,15,16). The third kappa shape index (κ3) is 2.82. The van der Waals surface area contributed by atoms with Gasteiger partial charge in [-0.25, -0.2) is 10.8 Å². The summed E-state index contributed by atoms with van der Waals surface area (Å²) in [6.45, 7) is 6.54. The molecule has 0 fully saturated rings. The minimum atomic E-state index is 0.0991. The molecule has 16 heavy (non-hydrogen) atoms. The minimum Gasteiger partial charge on any atom is -0.363 e. The van der Waals surface area contributed by atoms with Gasteiger partial charge in [-0.1, -0.05) is 20.8 Å². The van der Waals surface area contributed by atoms with Gasteiger partial charge in [0, 0.05) is 5.54 Å². The number of nitrogens with zero attached hydrogens (tertiary/aromatic N) is 2. The molecule has 0 aromatic carbocycles. The Balaban J connectivity index is 2.84. The number of rotatable bonds is 6. The highest BCUT2D eigenvalue weighted by Crippen LogP contribution is 2.24. The Bertz CT molecular complexity index is 314. The summed E-state index contributed by atoms with van der Waals surface area (Å²) in [5, 5.41) is 3.45. The second-order valence-corrected chi connectivity index (χ2v) is 3.90. The largest absolute Gasteiger partial charge is 0.363 e. The highest BCUT2D eigenvalue weighted by Gasteiger charge is 2.23. The number of nitrogens with one attached hydrogen (secondary N) is 2. The number of hydrogen-bond donors (Lipinski definition) is 3. The van der Waals surface area contributed by atoms with Crippen LogP contribution in [0.25, 0.3) is 0 Å². The van der Waals surface area contributed by atoms with Crippen molar-refractivity contribution in [3.8, 4) is 0 Å². The zero-order chi connectivity index (χ0) is 12.0. The van der Waals surface area contributed by atoms with Crippen molar-refractivity contribution in [2.75, 3.05) is 10.7 Å². The lowest BCUT2D eigenvalue weighted by atomic mass is 9.90. The smallest absolute Gasteiger partial charge is 0.160 e. The molecular formula is C11H21N5. The lowest BCUT2D eigenvalue weighted by molar-refractivity contribution is 0.419. The van der Waals surface area contributed by atoms with Crippen LogP contribution in [0, 0.1) is 0 Å². The highest BCUT2D eigenvalue weighted by molar-refractivity contribution is 5.42. The van der Waals surface area contributed by atoms with Gasteiger partial charge in [0.15, 0.2) is 5.82 Å². The van der Waals surface area contributed by atoms with Gasteiger partial charge in [-0.2, -0.15) is 0 Å². The fourth-order valence-corrected chi connectivity index (χ4v) is 1.78. The van der Waals surface area contributed by atoms with Crippen molar-refractivity contribution in [1.29, 1.82) is 0 Å². The first-order valence-electron chi connectivity index (χ1n) is 5.76. The van der Waals surface area contributed by atoms with Crippen LogP contribution < -0.4 is 16.6 Å². The third-order valence-electron chi connectivity index (χ3n) is 3.21. The SMILES string of the molecule is CCC(CC)(CC)Nc1cncc(NN)n1. The van der Waals surface area contributed by atoms with E-state index in [0.29, 0.717) is 5.82 Å². The predicted molar refractivity (Wildman–Crippen MR) is 67.1 cm³/mol. The molecule has 90 valence electrons. The summed E-state index contributed by atoms with van der Waals surface area (Å²) in [5.41, 5.74) is 2.59. The molecule has 0 radical (unpaired) electrons. The minimum absolute atomic E-state index is 0.0991. The number of aromatic nitrogens is 2. The number of anilines is 2. The first-order chi connectivity index (χ1) is 7.69. The maximum Gasteiger partial charge on any atom is 0.160 e. The molecule has 0 bridgehead atoms. The lowest BCUT2D eigenvalue weighted by Gasteiger charge is -2.32. The maximum absolute atomic E-state index is 5.30. The van der Waals surface area contributed by atoms with Crippen molar-refractivity contribution >= 4 is 11.6 Å². The van der Waals surface area contributed by atoms with Gasteiger partial charge in [-0.3, -0.25) is 4.98 Å². The molecule has 1 aromatic rings. The van der Waals surface area contributed by atoms with E-state index in [9.17, 15) is 0 Å². The van der Waals surface area contributed by atoms with E-state index in [-0.39, 0.29) is 5.54 Å². The van der Waals surface area contributed by atoms with Crippen LogP contribution in [0.15, 0.2) is 12.4 Å². The Hall–Kier alpha value is -1.36. The van der Waals surface area contributed by atoms with E-state index in [1.165, 1.54) is 0 Å². The van der Waals surface area contributed by atoms with E-state index >= 15 is 0 Å². The van der Waals surface area contributed by atoms with Crippen LogP contribution in [-0.2, 0) is 0 Å². The molecule has 5 nitrogen and oxygen atoms in total. The average molecular weight is 223 g/mol. The van der Waals surface area contributed by atoms with Crippen molar-refractivity contribution in [3.63, 3.8) is 0 Å². The van der Waals surface area contributed by atoms with E-state index in [2.05, 4.69) is 41.5 Å². The summed E-state index contributed by atoms with van der Waals surface area (Å²) < 4.78 is 0. The van der Waals surface area contributed by atoms with Crippen LogP contribution in [0.4, 0.5) is 11.6 Å². The van der Waals surface area contributed by atoms with Crippen molar-refractivity contribution in [3.05, 3.63) is 12.4 Å². The van der Waals surface area contributed by atoms with Gasteiger partial charge in [0.2, 0.25) is 0 Å². The Morgan fingerprint density at radius 3 is 2.19 bits per heavy atom. The van der Waals surface area contributed by atoms with E-state index in [1.54, 1.807) is 12.4 Å². The average Bonchev–Trinajstić information content (AvgIpc) is 2.36. The van der Waals surface area contributed by atoms with Gasteiger partial charge < -0.3 is 10.7 Å². The summed E-state index contributed by atoms with van der Waals surface area (Å²) in [7, 11) is 0. The van der Waals surface area contributed by atoms with Gasteiger partial charge in [0.05, 0.1) is 12.4 Å². The summed E-state index contributed by atoms with van der Waals surface area (Å²) in [4.78, 5) is 8.39. The molecule has 0 saturated heterocycles. The molecule has 0 spiro atoms. The van der Waals surface area contributed by atoms with Crippen LogP contribution >= 0.6 is 0 Å². The molecule has 0 aliphatic rings. The van der Waals surface area contributed by atoms with Crippen LogP contribution in [0.1, 0.15) is 40.0 Å². The normalized spacial score (nSPS) is 11.2. The Labute approximate surface area is 96.8 Å². The van der Waals surface area contributed by atoms with E-state index in [0.717, 1.165) is 25.1 Å². The number of nitrogens with two attached hydrogens (primary N) is 1. The summed E-state index contributed by atoms with van der Waals surface area (Å²) >= 11 is 0. The van der Waals surface area contributed by atoms with Crippen LogP contribution in [0.3, 0.4) is 0 Å².